The second-order valence-electron chi connectivity index (χ2n) is 13.7. The summed E-state index contributed by atoms with van der Waals surface area (Å²) in [5.41, 5.74) is 0. The highest BCUT2D eigenvalue weighted by atomic mass is 28.4. The minimum atomic E-state index is -2.26. The summed E-state index contributed by atoms with van der Waals surface area (Å²) in [6.45, 7) is 20.8. The van der Waals surface area contributed by atoms with E-state index in [-0.39, 0.29) is 36.5 Å². The van der Waals surface area contributed by atoms with Crippen LogP contribution in [0.1, 0.15) is 41.5 Å². The molecular weight excluding hydrogens is 588 g/mol. The molecule has 0 aliphatic carbocycles. The van der Waals surface area contributed by atoms with E-state index >= 15 is 0 Å². The summed E-state index contributed by atoms with van der Waals surface area (Å²) in [6, 6.07) is 0. The molecule has 0 bridgehead atoms. The Hall–Kier alpha value is -0.696. The third kappa shape index (κ3) is 10.2. The van der Waals surface area contributed by atoms with Crippen molar-refractivity contribution in [3.8, 4) is 0 Å². The van der Waals surface area contributed by atoms with Gasteiger partial charge in [0, 0.05) is 14.2 Å². The van der Waals surface area contributed by atoms with Gasteiger partial charge in [0.15, 0.2) is 28.8 Å². The lowest BCUT2D eigenvalue weighted by Gasteiger charge is -2.41. The van der Waals surface area contributed by atoms with Gasteiger partial charge in [-0.2, -0.15) is 0 Å². The molecule has 2 saturated heterocycles. The van der Waals surface area contributed by atoms with Crippen LogP contribution in [0.3, 0.4) is 0 Å². The topological polar surface area (TPSA) is 150 Å². The Morgan fingerprint density at radius 1 is 0.738 bits per heavy atom. The lowest BCUT2D eigenvalue weighted by Crippen LogP contribution is -2.54. The maximum absolute atomic E-state index is 13.3. The van der Waals surface area contributed by atoms with E-state index in [9.17, 15) is 15.0 Å². The molecule has 42 heavy (non-hydrogen) atoms. The van der Waals surface area contributed by atoms with Crippen LogP contribution in [-0.2, 0) is 46.7 Å². The summed E-state index contributed by atoms with van der Waals surface area (Å²) < 4.78 is 56.8. The van der Waals surface area contributed by atoms with Gasteiger partial charge in [-0.1, -0.05) is 41.5 Å². The van der Waals surface area contributed by atoms with Crippen LogP contribution >= 0.6 is 0 Å². The lowest BCUT2D eigenvalue weighted by molar-refractivity contribution is -0.336. The van der Waals surface area contributed by atoms with Crippen LogP contribution in [0.5, 0.6) is 0 Å². The van der Waals surface area contributed by atoms with Crippen molar-refractivity contribution >= 4 is 22.8 Å². The molecule has 0 radical (unpaired) electrons. The monoisotopic (exact) mass is 642 g/mol. The summed E-state index contributed by atoms with van der Waals surface area (Å²) >= 11 is 0. The third-order valence-corrected chi connectivity index (χ3v) is 17.6. The Morgan fingerprint density at radius 3 is 1.33 bits per heavy atom. The summed E-state index contributed by atoms with van der Waals surface area (Å²) in [5, 5.41) is 20.4. The molecule has 0 spiro atoms. The average molecular weight is 643 g/mol. The van der Waals surface area contributed by atoms with Gasteiger partial charge in [-0.15, -0.1) is 0 Å². The molecule has 0 saturated carbocycles. The maximum Gasteiger partial charge on any atom is 0.509 e. The minimum absolute atomic E-state index is 0.00754. The van der Waals surface area contributed by atoms with Gasteiger partial charge in [-0.25, -0.2) is 4.79 Å². The lowest BCUT2D eigenvalue weighted by atomic mass is 10.2. The van der Waals surface area contributed by atoms with Crippen LogP contribution < -0.4 is 0 Å². The van der Waals surface area contributed by atoms with Gasteiger partial charge in [-0.3, -0.25) is 0 Å². The van der Waals surface area contributed by atoms with Gasteiger partial charge in [0.1, 0.15) is 12.2 Å². The van der Waals surface area contributed by atoms with Crippen molar-refractivity contribution in [3.63, 3.8) is 0 Å². The van der Waals surface area contributed by atoms with Gasteiger partial charge in [-0.05, 0) is 36.3 Å². The highest BCUT2D eigenvalue weighted by molar-refractivity contribution is 6.74. The number of aliphatic hydroxyl groups is 2. The number of aliphatic hydroxyl groups excluding tert-OH is 2. The molecule has 13 nitrogen and oxygen atoms in total. The first-order valence-corrected chi connectivity index (χ1v) is 20.1. The van der Waals surface area contributed by atoms with Gasteiger partial charge < -0.3 is 57.0 Å². The number of rotatable bonds is 12. The number of carbonyl (C=O) groups excluding carboxylic acids is 1. The molecule has 0 aromatic heterocycles. The van der Waals surface area contributed by atoms with Crippen molar-refractivity contribution in [1.29, 1.82) is 0 Å². The van der Waals surface area contributed by atoms with E-state index in [1.165, 1.54) is 14.2 Å². The number of methoxy groups -OCH3 is 2. The molecule has 2 unspecified atom stereocenters. The van der Waals surface area contributed by atoms with E-state index in [0.29, 0.717) is 0 Å². The Kier molecular flexibility index (Phi) is 13.4. The molecule has 2 aliphatic rings. The Labute approximate surface area is 252 Å². The summed E-state index contributed by atoms with van der Waals surface area (Å²) in [4.78, 5) is 13.3. The predicted octanol–water partition coefficient (Wildman–Crippen LogP) is 3.33. The fourth-order valence-electron chi connectivity index (χ4n) is 3.59. The smallest absolute Gasteiger partial charge is 0.426 e. The van der Waals surface area contributed by atoms with Crippen LogP contribution in [0.2, 0.25) is 36.3 Å². The molecule has 2 heterocycles. The SMILES string of the molecule is CO[C@@H]1OC[C@H]([C@@H](CO[Si](C)(C)C(C)(C)C)OC(=O)O[C@H](CO[Si](C)(C)C(C)(C)C)[C@H]2CO[C@@H](OC)C(O)O2)OC1O. The fourth-order valence-corrected chi connectivity index (χ4v) is 5.62. The minimum Gasteiger partial charge on any atom is -0.426 e. The fraction of sp³-hybridized carbons (Fsp3) is 0.963. The van der Waals surface area contributed by atoms with Crippen molar-refractivity contribution < 1.29 is 61.8 Å². The largest absolute Gasteiger partial charge is 0.509 e. The van der Waals surface area contributed by atoms with Gasteiger partial charge in [0.05, 0.1) is 26.4 Å². The molecule has 0 amide bonds. The highest BCUT2D eigenvalue weighted by Crippen LogP contribution is 2.38. The zero-order valence-electron chi connectivity index (χ0n) is 27.3. The van der Waals surface area contributed by atoms with Crippen molar-refractivity contribution in [2.75, 3.05) is 40.6 Å². The number of carbonyl (C=O) groups is 1. The zero-order valence-corrected chi connectivity index (χ0v) is 29.3. The number of ether oxygens (including phenoxy) is 8. The molecule has 0 aromatic rings. The van der Waals surface area contributed by atoms with Gasteiger partial charge >= 0.3 is 6.16 Å². The second kappa shape index (κ2) is 15.1. The first-order chi connectivity index (χ1) is 19.2. The second-order valence-corrected chi connectivity index (χ2v) is 23.3. The number of hydrogen-bond donors (Lipinski definition) is 2. The van der Waals surface area contributed by atoms with Crippen LogP contribution in [0.4, 0.5) is 4.79 Å². The first-order valence-electron chi connectivity index (χ1n) is 14.3. The molecule has 2 fully saturated rings. The van der Waals surface area contributed by atoms with E-state index in [1.54, 1.807) is 0 Å². The van der Waals surface area contributed by atoms with Gasteiger partial charge in [0.25, 0.3) is 0 Å². The first kappa shape index (κ1) is 37.5. The normalized spacial score (nSPS) is 29.6. The quantitative estimate of drug-likeness (QED) is 0.237. The summed E-state index contributed by atoms with van der Waals surface area (Å²) in [6.07, 6.45) is -9.43. The van der Waals surface area contributed by atoms with Crippen LogP contribution in [0.25, 0.3) is 0 Å². The number of hydrogen-bond acceptors (Lipinski definition) is 13. The van der Waals surface area contributed by atoms with E-state index in [1.807, 2.05) is 0 Å². The molecule has 0 aromatic carbocycles. The third-order valence-electron chi connectivity index (χ3n) is 8.56. The summed E-state index contributed by atoms with van der Waals surface area (Å²) in [5.74, 6) is 0. The van der Waals surface area contributed by atoms with Crippen LogP contribution in [0.15, 0.2) is 0 Å². The Bertz CT molecular complexity index is 779. The van der Waals surface area contributed by atoms with Crippen molar-refractivity contribution in [1.82, 2.24) is 0 Å². The molecule has 2 rings (SSSR count). The molecule has 8 atom stereocenters. The Balaban J connectivity index is 2.22. The van der Waals surface area contributed by atoms with E-state index in [4.69, 9.17) is 46.7 Å². The van der Waals surface area contributed by atoms with E-state index in [2.05, 4.69) is 67.7 Å². The van der Waals surface area contributed by atoms with Crippen molar-refractivity contribution in [2.24, 2.45) is 0 Å². The van der Waals surface area contributed by atoms with Gasteiger partial charge in [0.2, 0.25) is 25.2 Å². The maximum atomic E-state index is 13.3. The van der Waals surface area contributed by atoms with E-state index in [0.717, 1.165) is 0 Å². The average Bonchev–Trinajstić information content (AvgIpc) is 2.87. The van der Waals surface area contributed by atoms with Crippen LogP contribution in [0, 0.1) is 0 Å². The standard InChI is InChI=1S/C27H54O13Si2/c1-26(2,3)41(9,10)35-15-19(17-13-33-23(31-7)21(28)37-17)39-25(30)40-20(16-36-42(11,12)27(4,5)6)18-14-34-24(32-8)22(29)38-18/h17-24,28-29H,13-16H2,1-12H3/t17-,18-,19-,20-,21?,22?,23-,24-/m1/s1. The van der Waals surface area contributed by atoms with Crippen molar-refractivity contribution in [2.45, 2.75) is 127 Å². The van der Waals surface area contributed by atoms with Crippen LogP contribution in [-0.4, -0.2) is 123 Å². The zero-order chi connectivity index (χ0) is 32.1. The highest BCUT2D eigenvalue weighted by Gasteiger charge is 2.44. The molecular formula is C27H54O13Si2. The van der Waals surface area contributed by atoms with Crippen molar-refractivity contribution in [3.05, 3.63) is 0 Å². The molecule has 15 heteroatoms. The predicted molar refractivity (Wildman–Crippen MR) is 157 cm³/mol. The molecule has 2 aliphatic heterocycles. The summed E-state index contributed by atoms with van der Waals surface area (Å²) in [7, 11) is -1.74. The molecule has 2 N–H and O–H groups in total. The van der Waals surface area contributed by atoms with E-state index < -0.39 is 72.4 Å². The molecule has 248 valence electrons. The Morgan fingerprint density at radius 2 is 1.07 bits per heavy atom.